The minimum atomic E-state index is 0.318. The number of aromatic nitrogens is 4. The normalized spacial score (nSPS) is 17.6. The number of nitrogens with zero attached hydrogens (tertiary/aromatic N) is 5. The Bertz CT molecular complexity index is 703. The fourth-order valence-corrected chi connectivity index (χ4v) is 3.54. The summed E-state index contributed by atoms with van der Waals surface area (Å²) >= 11 is 1.71. The second-order valence-electron chi connectivity index (χ2n) is 5.92. The highest BCUT2D eigenvalue weighted by atomic mass is 32.1. The van der Waals surface area contributed by atoms with E-state index in [1.54, 1.807) is 11.3 Å². The summed E-state index contributed by atoms with van der Waals surface area (Å²) in [6, 6.07) is 0.318. The van der Waals surface area contributed by atoms with Gasteiger partial charge >= 0.3 is 0 Å². The van der Waals surface area contributed by atoms with Crippen molar-refractivity contribution < 1.29 is 0 Å². The smallest absolute Gasteiger partial charge is 0.191 e. The molecule has 0 aliphatic carbocycles. The molecule has 3 rings (SSSR count). The van der Waals surface area contributed by atoms with E-state index in [1.165, 1.54) is 5.01 Å². The summed E-state index contributed by atoms with van der Waals surface area (Å²) in [5, 5.41) is 14.6. The Balaban J connectivity index is 1.62. The van der Waals surface area contributed by atoms with Gasteiger partial charge in [-0.2, -0.15) is 5.10 Å². The quantitative estimate of drug-likeness (QED) is 0.635. The molecule has 0 radical (unpaired) electrons. The summed E-state index contributed by atoms with van der Waals surface area (Å²) in [6.45, 7) is 8.42. The number of fused-ring (bicyclic) bond motifs is 1. The van der Waals surface area contributed by atoms with Crippen LogP contribution in [-0.2, 0) is 25.9 Å². The fraction of sp³-hybridized carbons (Fsp3) is 0.625. The molecule has 24 heavy (non-hydrogen) atoms. The Hall–Kier alpha value is -1.96. The molecule has 0 bridgehead atoms. The molecule has 130 valence electrons. The third kappa shape index (κ3) is 4.11. The lowest BCUT2D eigenvalue weighted by Gasteiger charge is -2.25. The number of aliphatic imine (C=N–C) groups is 1. The lowest BCUT2D eigenvalue weighted by Crippen LogP contribution is -2.47. The summed E-state index contributed by atoms with van der Waals surface area (Å²) in [6.07, 6.45) is 2.97. The maximum atomic E-state index is 4.68. The van der Waals surface area contributed by atoms with Gasteiger partial charge in [0.05, 0.1) is 23.8 Å². The maximum Gasteiger partial charge on any atom is 0.191 e. The van der Waals surface area contributed by atoms with Gasteiger partial charge in [0.1, 0.15) is 11.6 Å². The predicted octanol–water partition coefficient (Wildman–Crippen LogP) is 1.68. The van der Waals surface area contributed by atoms with Crippen molar-refractivity contribution in [2.24, 2.45) is 4.99 Å². The van der Waals surface area contributed by atoms with Crippen LogP contribution in [0.2, 0.25) is 0 Å². The van der Waals surface area contributed by atoms with Crippen LogP contribution < -0.4 is 10.6 Å². The number of guanidine groups is 1. The third-order valence-electron chi connectivity index (χ3n) is 3.95. The molecule has 2 aromatic heterocycles. The summed E-state index contributed by atoms with van der Waals surface area (Å²) in [4.78, 5) is 13.7. The van der Waals surface area contributed by atoms with E-state index in [1.807, 2.05) is 11.6 Å². The molecule has 0 fully saturated rings. The van der Waals surface area contributed by atoms with E-state index in [-0.39, 0.29) is 0 Å². The molecule has 0 spiro atoms. The summed E-state index contributed by atoms with van der Waals surface area (Å²) in [7, 11) is 0. The largest absolute Gasteiger partial charge is 0.357 e. The number of rotatable bonds is 5. The van der Waals surface area contributed by atoms with Gasteiger partial charge in [-0.05, 0) is 26.7 Å². The Labute approximate surface area is 146 Å². The van der Waals surface area contributed by atoms with Crippen molar-refractivity contribution >= 4 is 17.3 Å². The molecule has 0 amide bonds. The van der Waals surface area contributed by atoms with Gasteiger partial charge in [0.15, 0.2) is 5.96 Å². The van der Waals surface area contributed by atoms with Crippen LogP contribution in [0.1, 0.15) is 42.6 Å². The van der Waals surface area contributed by atoms with Gasteiger partial charge in [0.25, 0.3) is 0 Å². The highest BCUT2D eigenvalue weighted by Crippen LogP contribution is 2.13. The van der Waals surface area contributed by atoms with E-state index in [0.717, 1.165) is 55.7 Å². The Kier molecular flexibility index (Phi) is 5.44. The Morgan fingerprint density at radius 1 is 1.42 bits per heavy atom. The zero-order valence-corrected chi connectivity index (χ0v) is 15.4. The molecule has 0 aromatic carbocycles. The monoisotopic (exact) mass is 347 g/mol. The first-order valence-corrected chi connectivity index (χ1v) is 9.44. The van der Waals surface area contributed by atoms with Crippen LogP contribution in [0.5, 0.6) is 0 Å². The molecule has 1 unspecified atom stereocenters. The number of nitrogens with one attached hydrogen (secondary N) is 2. The molecule has 0 saturated carbocycles. The van der Waals surface area contributed by atoms with Crippen LogP contribution in [-0.4, -0.2) is 38.3 Å². The van der Waals surface area contributed by atoms with Gasteiger partial charge in [0.2, 0.25) is 0 Å². The van der Waals surface area contributed by atoms with Crippen LogP contribution in [0, 0.1) is 6.92 Å². The van der Waals surface area contributed by atoms with Crippen molar-refractivity contribution in [1.29, 1.82) is 0 Å². The SMILES string of the molecule is CCNC(=NCc1csc(CC)n1)NC1CCc2nc(C)nn2C1. The average molecular weight is 347 g/mol. The molecular weight excluding hydrogens is 322 g/mol. The topological polar surface area (TPSA) is 80.0 Å². The van der Waals surface area contributed by atoms with Gasteiger partial charge in [-0.25, -0.2) is 19.6 Å². The molecule has 1 aliphatic rings. The molecule has 8 heteroatoms. The van der Waals surface area contributed by atoms with E-state index < -0.39 is 0 Å². The van der Waals surface area contributed by atoms with E-state index in [2.05, 4.69) is 49.9 Å². The van der Waals surface area contributed by atoms with Crippen LogP contribution in [0.4, 0.5) is 0 Å². The first-order valence-electron chi connectivity index (χ1n) is 8.56. The van der Waals surface area contributed by atoms with Crippen LogP contribution in [0.15, 0.2) is 10.4 Å². The minimum absolute atomic E-state index is 0.318. The number of hydrogen-bond donors (Lipinski definition) is 2. The van der Waals surface area contributed by atoms with E-state index in [9.17, 15) is 0 Å². The molecule has 2 N–H and O–H groups in total. The molecule has 3 heterocycles. The summed E-state index contributed by atoms with van der Waals surface area (Å²) < 4.78 is 2.01. The number of hydrogen-bond acceptors (Lipinski definition) is 5. The van der Waals surface area contributed by atoms with E-state index >= 15 is 0 Å². The molecular formula is C16H25N7S. The zero-order valence-electron chi connectivity index (χ0n) is 14.5. The maximum absolute atomic E-state index is 4.68. The van der Waals surface area contributed by atoms with Gasteiger partial charge in [0, 0.05) is 24.4 Å². The van der Waals surface area contributed by atoms with Gasteiger partial charge in [-0.3, -0.25) is 0 Å². The van der Waals surface area contributed by atoms with Crippen molar-refractivity contribution in [3.05, 3.63) is 27.7 Å². The highest BCUT2D eigenvalue weighted by molar-refractivity contribution is 7.09. The van der Waals surface area contributed by atoms with Gasteiger partial charge in [-0.15, -0.1) is 11.3 Å². The van der Waals surface area contributed by atoms with E-state index in [4.69, 9.17) is 0 Å². The average Bonchev–Trinajstić information content (AvgIpc) is 3.17. The van der Waals surface area contributed by atoms with Crippen LogP contribution >= 0.6 is 11.3 Å². The Morgan fingerprint density at radius 3 is 3.04 bits per heavy atom. The first-order chi connectivity index (χ1) is 11.7. The predicted molar refractivity (Wildman–Crippen MR) is 96.3 cm³/mol. The lowest BCUT2D eigenvalue weighted by molar-refractivity contribution is 0.392. The third-order valence-corrected chi connectivity index (χ3v) is 4.99. The zero-order chi connectivity index (χ0) is 16.9. The van der Waals surface area contributed by atoms with Crippen molar-refractivity contribution in [2.75, 3.05) is 6.54 Å². The van der Waals surface area contributed by atoms with Gasteiger partial charge < -0.3 is 10.6 Å². The second kappa shape index (κ2) is 7.74. The number of thiazole rings is 1. The summed E-state index contributed by atoms with van der Waals surface area (Å²) in [5.41, 5.74) is 1.03. The first kappa shape index (κ1) is 16.9. The number of aryl methyl sites for hydroxylation is 3. The summed E-state index contributed by atoms with van der Waals surface area (Å²) in [5.74, 6) is 2.78. The highest BCUT2D eigenvalue weighted by Gasteiger charge is 2.21. The lowest BCUT2D eigenvalue weighted by atomic mass is 10.1. The van der Waals surface area contributed by atoms with E-state index in [0.29, 0.717) is 12.6 Å². The molecule has 1 aliphatic heterocycles. The molecule has 7 nitrogen and oxygen atoms in total. The molecule has 0 saturated heterocycles. The van der Waals surface area contributed by atoms with Gasteiger partial charge in [-0.1, -0.05) is 6.92 Å². The van der Waals surface area contributed by atoms with Crippen molar-refractivity contribution in [3.63, 3.8) is 0 Å². The van der Waals surface area contributed by atoms with Crippen LogP contribution in [0.25, 0.3) is 0 Å². The second-order valence-corrected chi connectivity index (χ2v) is 6.86. The standard InChI is InChI=1S/C16H25N7S/c1-4-15-20-13(10-24-15)8-18-16(17-5-2)21-12-6-7-14-19-11(3)22-23(14)9-12/h10,12H,4-9H2,1-3H3,(H2,17,18,21). The molecule has 2 aromatic rings. The van der Waals surface area contributed by atoms with Crippen LogP contribution in [0.3, 0.4) is 0 Å². The Morgan fingerprint density at radius 2 is 2.29 bits per heavy atom. The van der Waals surface area contributed by atoms with Crippen molar-refractivity contribution in [2.45, 2.75) is 59.2 Å². The fourth-order valence-electron chi connectivity index (χ4n) is 2.81. The minimum Gasteiger partial charge on any atom is -0.357 e. The van der Waals surface area contributed by atoms with Crippen molar-refractivity contribution in [3.8, 4) is 0 Å². The van der Waals surface area contributed by atoms with Crippen molar-refractivity contribution in [1.82, 2.24) is 30.4 Å². The molecule has 1 atom stereocenters.